The lowest BCUT2D eigenvalue weighted by Crippen LogP contribution is -1.47. The van der Waals surface area contributed by atoms with Crippen molar-refractivity contribution < 1.29 is 0 Å². The molecule has 0 saturated heterocycles. The molecule has 0 aliphatic carbocycles. The molecule has 0 aliphatic heterocycles. The van der Waals surface area contributed by atoms with E-state index in [1.165, 1.54) is 0 Å². The summed E-state index contributed by atoms with van der Waals surface area (Å²) < 4.78 is 0. The van der Waals surface area contributed by atoms with Crippen LogP contribution in [0, 0.1) is 0 Å². The van der Waals surface area contributed by atoms with Crippen molar-refractivity contribution >= 4 is 18.5 Å². The van der Waals surface area contributed by atoms with Crippen LogP contribution in [-0.4, -0.2) is 6.16 Å². The van der Waals surface area contributed by atoms with Gasteiger partial charge in [0.15, 0.2) is 0 Å². The summed E-state index contributed by atoms with van der Waals surface area (Å²) in [5.41, 5.74) is 0. The van der Waals surface area contributed by atoms with Gasteiger partial charge in [0.25, 0.3) is 0 Å². The first-order valence-electron chi connectivity index (χ1n) is 1.48. The molecule has 0 nitrogen and oxygen atoms in total. The minimum Gasteiger partial charge on any atom is -0.134 e. The van der Waals surface area contributed by atoms with Gasteiger partial charge in [0.1, 0.15) is 0 Å². The Bertz CT molecular complexity index is 31.9. The molecule has 0 aromatic carbocycles. The fourth-order valence-corrected chi connectivity index (χ4v) is 0.707. The highest BCUT2D eigenvalue weighted by Gasteiger charge is 1.52. The summed E-state index contributed by atoms with van der Waals surface area (Å²) in [6.45, 7) is 0. The first-order valence-corrected chi connectivity index (χ1v) is 2.97. The quantitative estimate of drug-likeness (QED) is 0.441. The molecule has 0 N–H and O–H groups in total. The molecule has 0 amide bonds. The molecule has 2 atom stereocenters. The Kier molecular flexibility index (Phi) is 5.15. The molecular weight excluding hydrogens is 98.0 g/mol. The molecule has 0 aliphatic rings. The van der Waals surface area contributed by atoms with Crippen LogP contribution in [0.3, 0.4) is 0 Å². The van der Waals surface area contributed by atoms with E-state index in [9.17, 15) is 0 Å². The van der Waals surface area contributed by atoms with Crippen molar-refractivity contribution in [3.8, 4) is 0 Å². The van der Waals surface area contributed by atoms with Crippen LogP contribution in [-0.2, 0) is 0 Å². The SMILES string of the molecule is PC=CCP. The molecule has 0 fully saturated rings. The number of allylic oxidation sites excluding steroid dienone is 1. The van der Waals surface area contributed by atoms with Gasteiger partial charge in [0, 0.05) is 0 Å². The lowest BCUT2D eigenvalue weighted by atomic mass is 10.8. The van der Waals surface area contributed by atoms with E-state index in [1.807, 2.05) is 5.82 Å². The zero-order valence-corrected chi connectivity index (χ0v) is 5.33. The predicted molar refractivity (Wildman–Crippen MR) is 33.4 cm³/mol. The van der Waals surface area contributed by atoms with Crippen molar-refractivity contribution in [2.24, 2.45) is 0 Å². The van der Waals surface area contributed by atoms with Crippen LogP contribution < -0.4 is 0 Å². The van der Waals surface area contributed by atoms with Crippen molar-refractivity contribution in [3.05, 3.63) is 11.9 Å². The van der Waals surface area contributed by atoms with E-state index in [4.69, 9.17) is 0 Å². The van der Waals surface area contributed by atoms with Gasteiger partial charge in [-0.2, -0.15) is 0 Å². The largest absolute Gasteiger partial charge is 0.134 e. The van der Waals surface area contributed by atoms with Gasteiger partial charge in [-0.25, -0.2) is 0 Å². The first kappa shape index (κ1) is 5.60. The van der Waals surface area contributed by atoms with Crippen LogP contribution >= 0.6 is 18.5 Å². The smallest absolute Gasteiger partial charge is 0.0197 e. The van der Waals surface area contributed by atoms with Crippen molar-refractivity contribution in [2.75, 3.05) is 6.16 Å². The fourth-order valence-electron chi connectivity index (χ4n) is 0.0786. The molecule has 0 spiro atoms. The van der Waals surface area contributed by atoms with E-state index in [0.717, 1.165) is 6.16 Å². The van der Waals surface area contributed by atoms with E-state index >= 15 is 0 Å². The highest BCUT2D eigenvalue weighted by atomic mass is 31.0. The molecule has 0 heterocycles. The molecule has 0 bridgehead atoms. The maximum absolute atomic E-state index is 2.60. The fraction of sp³-hybridized carbons (Fsp3) is 0.333. The average molecular weight is 106 g/mol. The Balaban J connectivity index is 2.62. The molecular formula is C3H8P2. The normalized spacial score (nSPS) is 10.0. The van der Waals surface area contributed by atoms with Gasteiger partial charge in [-0.15, -0.1) is 18.5 Å². The number of rotatable bonds is 1. The Morgan fingerprint density at radius 3 is 2.20 bits per heavy atom. The summed E-state index contributed by atoms with van der Waals surface area (Å²) in [5.74, 6) is 1.95. The Hall–Kier alpha value is 0.600. The van der Waals surface area contributed by atoms with Gasteiger partial charge in [0.2, 0.25) is 0 Å². The molecule has 5 heavy (non-hydrogen) atoms. The van der Waals surface area contributed by atoms with Gasteiger partial charge in [0.05, 0.1) is 0 Å². The maximum atomic E-state index is 2.60. The number of hydrogen-bond acceptors (Lipinski definition) is 0. The zero-order chi connectivity index (χ0) is 4.12. The Morgan fingerprint density at radius 2 is 2.20 bits per heavy atom. The summed E-state index contributed by atoms with van der Waals surface area (Å²) in [4.78, 5) is 0. The third-order valence-corrected chi connectivity index (χ3v) is 0.816. The maximum Gasteiger partial charge on any atom is -0.0197 e. The lowest BCUT2D eigenvalue weighted by Gasteiger charge is -1.65. The Morgan fingerprint density at radius 1 is 1.60 bits per heavy atom. The highest BCUT2D eigenvalue weighted by molar-refractivity contribution is 7.21. The van der Waals surface area contributed by atoms with E-state index in [2.05, 4.69) is 24.6 Å². The van der Waals surface area contributed by atoms with Gasteiger partial charge < -0.3 is 0 Å². The average Bonchev–Trinajstić information content (AvgIpc) is 1.41. The van der Waals surface area contributed by atoms with Crippen LogP contribution in [0.25, 0.3) is 0 Å². The molecule has 0 aromatic heterocycles. The minimum atomic E-state index is 1.06. The summed E-state index contributed by atoms with van der Waals surface area (Å²) in [6, 6.07) is 0. The van der Waals surface area contributed by atoms with Crippen molar-refractivity contribution in [1.29, 1.82) is 0 Å². The third-order valence-electron chi connectivity index (χ3n) is 0.272. The van der Waals surface area contributed by atoms with Gasteiger partial charge in [-0.3, -0.25) is 0 Å². The van der Waals surface area contributed by atoms with Gasteiger partial charge in [-0.05, 0) is 6.16 Å². The third kappa shape index (κ3) is 4.60. The molecule has 0 aromatic rings. The second-order valence-corrected chi connectivity index (χ2v) is 1.52. The second kappa shape index (κ2) is 4.60. The zero-order valence-electron chi connectivity index (χ0n) is 3.02. The lowest BCUT2D eigenvalue weighted by molar-refractivity contribution is 1.82. The van der Waals surface area contributed by atoms with Crippen LogP contribution in [0.5, 0.6) is 0 Å². The van der Waals surface area contributed by atoms with Crippen molar-refractivity contribution in [3.63, 3.8) is 0 Å². The highest BCUT2D eigenvalue weighted by Crippen LogP contribution is 1.85. The molecule has 2 unspecified atom stereocenters. The van der Waals surface area contributed by atoms with Crippen LogP contribution in [0.15, 0.2) is 11.9 Å². The number of hydrogen-bond donors (Lipinski definition) is 0. The van der Waals surface area contributed by atoms with E-state index in [0.29, 0.717) is 0 Å². The van der Waals surface area contributed by atoms with E-state index in [1.54, 1.807) is 0 Å². The molecule has 0 rings (SSSR count). The minimum absolute atomic E-state index is 1.06. The topological polar surface area (TPSA) is 0 Å². The molecule has 2 heteroatoms. The summed E-state index contributed by atoms with van der Waals surface area (Å²) in [5, 5.41) is 0. The molecule has 30 valence electrons. The van der Waals surface area contributed by atoms with Crippen LogP contribution in [0.2, 0.25) is 0 Å². The van der Waals surface area contributed by atoms with Crippen LogP contribution in [0.4, 0.5) is 0 Å². The standard InChI is InChI=1S/C3H8P2/c4-2-1-3-5/h1-2H,3-5H2. The summed E-state index contributed by atoms with van der Waals surface area (Å²) in [7, 11) is 5.11. The van der Waals surface area contributed by atoms with Gasteiger partial charge in [-0.1, -0.05) is 11.9 Å². The molecule has 0 radical (unpaired) electrons. The van der Waals surface area contributed by atoms with Gasteiger partial charge >= 0.3 is 0 Å². The summed E-state index contributed by atoms with van der Waals surface area (Å²) in [6.07, 6.45) is 3.11. The van der Waals surface area contributed by atoms with Crippen molar-refractivity contribution in [2.45, 2.75) is 0 Å². The van der Waals surface area contributed by atoms with Crippen molar-refractivity contribution in [1.82, 2.24) is 0 Å². The molecule has 0 saturated carbocycles. The second-order valence-electron chi connectivity index (χ2n) is 0.664. The van der Waals surface area contributed by atoms with E-state index < -0.39 is 0 Å². The predicted octanol–water partition coefficient (Wildman–Crippen LogP) is 1.25. The summed E-state index contributed by atoms with van der Waals surface area (Å²) >= 11 is 0. The van der Waals surface area contributed by atoms with Crippen LogP contribution in [0.1, 0.15) is 0 Å². The monoisotopic (exact) mass is 106 g/mol. The first-order chi connectivity index (χ1) is 2.41. The van der Waals surface area contributed by atoms with E-state index in [-0.39, 0.29) is 0 Å². The Labute approximate surface area is 37.4 Å².